The van der Waals surface area contributed by atoms with Crippen molar-refractivity contribution in [2.24, 2.45) is 0 Å². The van der Waals surface area contributed by atoms with Crippen molar-refractivity contribution in [1.29, 1.82) is 0 Å². The average Bonchev–Trinajstić information content (AvgIpc) is 3.04. The van der Waals surface area contributed by atoms with Crippen LogP contribution >= 0.6 is 0 Å². The first-order chi connectivity index (χ1) is 8.84. The lowest BCUT2D eigenvalue weighted by Crippen LogP contribution is -2.25. The lowest BCUT2D eigenvalue weighted by molar-refractivity contribution is -0.121. The highest BCUT2D eigenvalue weighted by molar-refractivity contribution is 5.75. The van der Waals surface area contributed by atoms with Gasteiger partial charge in [-0.3, -0.25) is 9.89 Å². The highest BCUT2D eigenvalue weighted by Crippen LogP contribution is 2.16. The van der Waals surface area contributed by atoms with E-state index in [9.17, 15) is 4.79 Å². The van der Waals surface area contributed by atoms with E-state index in [0.29, 0.717) is 19.1 Å². The standard InChI is InChI=1S/C12H20N4O2/c17-12(6-5-10-3-2-8-18-10)13-7-1-4-11-14-9-15-16-11/h9-10H,1-8H2,(H,13,17)(H,14,15,16). The molecule has 18 heavy (non-hydrogen) atoms. The second-order valence-corrected chi connectivity index (χ2v) is 4.56. The minimum absolute atomic E-state index is 0.114. The molecule has 1 unspecified atom stereocenters. The number of aromatic nitrogens is 3. The molecule has 1 aliphatic rings. The quantitative estimate of drug-likeness (QED) is 0.704. The summed E-state index contributed by atoms with van der Waals surface area (Å²) >= 11 is 0. The lowest BCUT2D eigenvalue weighted by atomic mass is 10.1. The fourth-order valence-corrected chi connectivity index (χ4v) is 2.09. The Morgan fingerprint density at radius 2 is 2.56 bits per heavy atom. The van der Waals surface area contributed by atoms with E-state index in [2.05, 4.69) is 20.5 Å². The Kier molecular flexibility index (Phi) is 5.14. The number of hydrogen-bond acceptors (Lipinski definition) is 4. The number of carbonyl (C=O) groups excluding carboxylic acids is 1. The maximum absolute atomic E-state index is 11.6. The number of nitrogens with zero attached hydrogens (tertiary/aromatic N) is 2. The molecule has 0 aromatic carbocycles. The van der Waals surface area contributed by atoms with E-state index >= 15 is 0 Å². The van der Waals surface area contributed by atoms with Crippen LogP contribution in [0.25, 0.3) is 0 Å². The fraction of sp³-hybridized carbons (Fsp3) is 0.750. The third-order valence-electron chi connectivity index (χ3n) is 3.09. The molecule has 1 atom stereocenters. The Hall–Kier alpha value is -1.43. The monoisotopic (exact) mass is 252 g/mol. The van der Waals surface area contributed by atoms with Crippen LogP contribution in [-0.4, -0.2) is 40.3 Å². The summed E-state index contributed by atoms with van der Waals surface area (Å²) in [6.45, 7) is 1.54. The molecule has 100 valence electrons. The number of aryl methyl sites for hydroxylation is 1. The second kappa shape index (κ2) is 7.10. The van der Waals surface area contributed by atoms with Crippen LogP contribution in [-0.2, 0) is 16.0 Å². The summed E-state index contributed by atoms with van der Waals surface area (Å²) < 4.78 is 5.48. The van der Waals surface area contributed by atoms with Crippen molar-refractivity contribution >= 4 is 5.91 Å². The molecule has 0 saturated carbocycles. The van der Waals surface area contributed by atoms with E-state index in [-0.39, 0.29) is 5.91 Å². The maximum Gasteiger partial charge on any atom is 0.220 e. The molecule has 2 heterocycles. The molecule has 1 amide bonds. The SMILES string of the molecule is O=C(CCC1CCCO1)NCCCc1ncn[nH]1. The summed E-state index contributed by atoms with van der Waals surface area (Å²) in [6, 6.07) is 0. The number of rotatable bonds is 7. The van der Waals surface area contributed by atoms with Gasteiger partial charge in [-0.25, -0.2) is 4.98 Å². The van der Waals surface area contributed by atoms with E-state index in [1.807, 2.05) is 0 Å². The number of nitrogens with one attached hydrogen (secondary N) is 2. The van der Waals surface area contributed by atoms with Gasteiger partial charge in [0, 0.05) is 26.0 Å². The van der Waals surface area contributed by atoms with Gasteiger partial charge in [-0.15, -0.1) is 0 Å². The van der Waals surface area contributed by atoms with Crippen LogP contribution in [0.15, 0.2) is 6.33 Å². The maximum atomic E-state index is 11.6. The van der Waals surface area contributed by atoms with Gasteiger partial charge in [-0.2, -0.15) is 5.10 Å². The van der Waals surface area contributed by atoms with Crippen LogP contribution in [0.3, 0.4) is 0 Å². The van der Waals surface area contributed by atoms with Crippen LogP contribution in [0.4, 0.5) is 0 Å². The van der Waals surface area contributed by atoms with E-state index in [1.54, 1.807) is 0 Å². The van der Waals surface area contributed by atoms with Crippen molar-refractivity contribution in [1.82, 2.24) is 20.5 Å². The van der Waals surface area contributed by atoms with Crippen LogP contribution in [0.1, 0.15) is 37.9 Å². The van der Waals surface area contributed by atoms with Gasteiger partial charge in [0.1, 0.15) is 12.2 Å². The van der Waals surface area contributed by atoms with E-state index < -0.39 is 0 Å². The second-order valence-electron chi connectivity index (χ2n) is 4.56. The summed E-state index contributed by atoms with van der Waals surface area (Å²) in [5.41, 5.74) is 0. The molecule has 6 nitrogen and oxygen atoms in total. The number of H-pyrrole nitrogens is 1. The molecule has 1 aromatic rings. The molecule has 0 aliphatic carbocycles. The highest BCUT2D eigenvalue weighted by Gasteiger charge is 2.16. The van der Waals surface area contributed by atoms with Crippen LogP contribution in [0.2, 0.25) is 0 Å². The average molecular weight is 252 g/mol. The molecule has 0 bridgehead atoms. The molecular formula is C12H20N4O2. The number of hydrogen-bond donors (Lipinski definition) is 2. The van der Waals surface area contributed by atoms with Crippen molar-refractivity contribution in [3.05, 3.63) is 12.2 Å². The first-order valence-electron chi connectivity index (χ1n) is 6.57. The smallest absolute Gasteiger partial charge is 0.220 e. The van der Waals surface area contributed by atoms with E-state index in [0.717, 1.165) is 44.5 Å². The largest absolute Gasteiger partial charge is 0.378 e. The number of ether oxygens (including phenoxy) is 1. The van der Waals surface area contributed by atoms with E-state index in [1.165, 1.54) is 6.33 Å². The number of aromatic amines is 1. The van der Waals surface area contributed by atoms with Gasteiger partial charge in [0.25, 0.3) is 0 Å². The Bertz CT molecular complexity index is 347. The molecular weight excluding hydrogens is 232 g/mol. The van der Waals surface area contributed by atoms with Gasteiger partial charge in [-0.05, 0) is 25.7 Å². The Morgan fingerprint density at radius 1 is 1.61 bits per heavy atom. The zero-order chi connectivity index (χ0) is 12.6. The van der Waals surface area contributed by atoms with E-state index in [4.69, 9.17) is 4.74 Å². The van der Waals surface area contributed by atoms with Crippen LogP contribution in [0.5, 0.6) is 0 Å². The van der Waals surface area contributed by atoms with Crippen LogP contribution in [0, 0.1) is 0 Å². The topological polar surface area (TPSA) is 79.9 Å². The lowest BCUT2D eigenvalue weighted by Gasteiger charge is -2.09. The minimum atomic E-state index is 0.114. The van der Waals surface area contributed by atoms with Crippen molar-refractivity contribution < 1.29 is 9.53 Å². The van der Waals surface area contributed by atoms with Gasteiger partial charge in [-0.1, -0.05) is 0 Å². The van der Waals surface area contributed by atoms with Crippen molar-refractivity contribution in [2.45, 2.75) is 44.6 Å². The summed E-state index contributed by atoms with van der Waals surface area (Å²) in [5, 5.41) is 9.48. The molecule has 1 aliphatic heterocycles. The zero-order valence-corrected chi connectivity index (χ0v) is 10.5. The molecule has 2 N–H and O–H groups in total. The molecule has 2 rings (SSSR count). The van der Waals surface area contributed by atoms with Gasteiger partial charge in [0.15, 0.2) is 0 Å². The molecule has 1 saturated heterocycles. The third-order valence-corrected chi connectivity index (χ3v) is 3.09. The minimum Gasteiger partial charge on any atom is -0.378 e. The predicted molar refractivity (Wildman–Crippen MR) is 65.9 cm³/mol. The van der Waals surface area contributed by atoms with Gasteiger partial charge >= 0.3 is 0 Å². The molecule has 0 radical (unpaired) electrons. The van der Waals surface area contributed by atoms with Crippen LogP contribution < -0.4 is 5.32 Å². The highest BCUT2D eigenvalue weighted by atomic mass is 16.5. The Balaban J connectivity index is 1.49. The molecule has 6 heteroatoms. The summed E-state index contributed by atoms with van der Waals surface area (Å²) in [4.78, 5) is 15.6. The molecule has 0 spiro atoms. The first-order valence-corrected chi connectivity index (χ1v) is 6.57. The summed E-state index contributed by atoms with van der Waals surface area (Å²) in [6.07, 6.45) is 7.11. The Labute approximate surface area is 107 Å². The predicted octanol–water partition coefficient (Wildman–Crippen LogP) is 0.813. The number of amides is 1. The van der Waals surface area contributed by atoms with Crippen molar-refractivity contribution in [3.63, 3.8) is 0 Å². The number of carbonyl (C=O) groups is 1. The van der Waals surface area contributed by atoms with Gasteiger partial charge in [0.05, 0.1) is 6.10 Å². The Morgan fingerprint density at radius 3 is 3.28 bits per heavy atom. The summed E-state index contributed by atoms with van der Waals surface area (Å²) in [5.74, 6) is 0.978. The first kappa shape index (κ1) is 13.0. The van der Waals surface area contributed by atoms with Gasteiger partial charge in [0.2, 0.25) is 5.91 Å². The van der Waals surface area contributed by atoms with Crippen molar-refractivity contribution in [2.75, 3.05) is 13.2 Å². The zero-order valence-electron chi connectivity index (χ0n) is 10.5. The molecule has 1 aromatic heterocycles. The molecule has 1 fully saturated rings. The summed E-state index contributed by atoms with van der Waals surface area (Å²) in [7, 11) is 0. The van der Waals surface area contributed by atoms with Gasteiger partial charge < -0.3 is 10.1 Å². The van der Waals surface area contributed by atoms with Crippen molar-refractivity contribution in [3.8, 4) is 0 Å². The third kappa shape index (κ3) is 4.44. The normalized spacial score (nSPS) is 19.0. The fourth-order valence-electron chi connectivity index (χ4n) is 2.09.